The topological polar surface area (TPSA) is 72.2 Å². The first-order chi connectivity index (χ1) is 8.49. The predicted molar refractivity (Wildman–Crippen MR) is 66.3 cm³/mol. The van der Waals surface area contributed by atoms with E-state index in [4.69, 9.17) is 5.11 Å². The highest BCUT2D eigenvalue weighted by Gasteiger charge is 2.06. The van der Waals surface area contributed by atoms with E-state index in [-0.39, 0.29) is 11.0 Å². The molecule has 0 bridgehead atoms. The summed E-state index contributed by atoms with van der Waals surface area (Å²) in [6.45, 7) is 3.42. The fourth-order valence-electron chi connectivity index (χ4n) is 1.64. The van der Waals surface area contributed by atoms with E-state index in [0.717, 1.165) is 5.69 Å². The van der Waals surface area contributed by atoms with Crippen LogP contribution in [0.2, 0.25) is 0 Å². The molecule has 0 aliphatic heterocycles. The zero-order chi connectivity index (χ0) is 13.3. The van der Waals surface area contributed by atoms with Crippen molar-refractivity contribution >= 4 is 5.97 Å². The van der Waals surface area contributed by atoms with Crippen LogP contribution in [0.1, 0.15) is 21.7 Å². The average Bonchev–Trinajstić information content (AvgIpc) is 2.34. The standard InChI is InChI=1S/C13H12N2O3/c1-8-7-12(16)9(2)14-15(8)11-5-3-10(4-6-11)13(17)18/h3-7H,1-2H3,(H,17,18). The Labute approximate surface area is 103 Å². The molecular formula is C13H12N2O3. The molecule has 18 heavy (non-hydrogen) atoms. The maximum atomic E-state index is 11.4. The van der Waals surface area contributed by atoms with E-state index in [2.05, 4.69) is 5.10 Å². The molecule has 2 aromatic rings. The molecule has 0 fully saturated rings. The number of benzene rings is 1. The molecular weight excluding hydrogens is 232 g/mol. The maximum absolute atomic E-state index is 11.4. The Morgan fingerprint density at radius 1 is 1.22 bits per heavy atom. The van der Waals surface area contributed by atoms with Crippen LogP contribution in [0.15, 0.2) is 35.1 Å². The first kappa shape index (κ1) is 12.0. The minimum atomic E-state index is -0.970. The van der Waals surface area contributed by atoms with Gasteiger partial charge in [0, 0.05) is 11.8 Å². The molecule has 0 atom stereocenters. The number of aromatic nitrogens is 2. The lowest BCUT2D eigenvalue weighted by Gasteiger charge is -2.09. The van der Waals surface area contributed by atoms with Gasteiger partial charge in [-0.2, -0.15) is 5.10 Å². The second-order valence-electron chi connectivity index (χ2n) is 4.00. The summed E-state index contributed by atoms with van der Waals surface area (Å²) in [5.74, 6) is -0.970. The summed E-state index contributed by atoms with van der Waals surface area (Å²) in [5, 5.41) is 13.0. The zero-order valence-corrected chi connectivity index (χ0v) is 10.0. The van der Waals surface area contributed by atoms with E-state index >= 15 is 0 Å². The van der Waals surface area contributed by atoms with Crippen LogP contribution in [-0.2, 0) is 0 Å². The van der Waals surface area contributed by atoms with E-state index in [1.54, 1.807) is 30.7 Å². The summed E-state index contributed by atoms with van der Waals surface area (Å²) >= 11 is 0. The average molecular weight is 244 g/mol. The second-order valence-corrected chi connectivity index (χ2v) is 4.00. The smallest absolute Gasteiger partial charge is 0.335 e. The van der Waals surface area contributed by atoms with Gasteiger partial charge < -0.3 is 5.11 Å². The van der Waals surface area contributed by atoms with E-state index in [1.165, 1.54) is 18.2 Å². The molecule has 0 saturated carbocycles. The summed E-state index contributed by atoms with van der Waals surface area (Å²) in [7, 11) is 0. The Morgan fingerprint density at radius 3 is 2.39 bits per heavy atom. The fraction of sp³-hybridized carbons (Fsp3) is 0.154. The van der Waals surface area contributed by atoms with Gasteiger partial charge in [0.2, 0.25) is 5.43 Å². The molecule has 5 heteroatoms. The number of rotatable bonds is 2. The van der Waals surface area contributed by atoms with Crippen molar-refractivity contribution in [3.05, 3.63) is 57.5 Å². The van der Waals surface area contributed by atoms with Crippen LogP contribution in [0.4, 0.5) is 0 Å². The van der Waals surface area contributed by atoms with Crippen molar-refractivity contribution in [1.29, 1.82) is 0 Å². The Bertz CT molecular complexity index is 657. The van der Waals surface area contributed by atoms with Crippen LogP contribution in [0, 0.1) is 13.8 Å². The zero-order valence-electron chi connectivity index (χ0n) is 10.0. The van der Waals surface area contributed by atoms with Gasteiger partial charge in [-0.1, -0.05) is 0 Å². The molecule has 5 nitrogen and oxygen atoms in total. The molecule has 0 amide bonds. The van der Waals surface area contributed by atoms with E-state index in [9.17, 15) is 9.59 Å². The van der Waals surface area contributed by atoms with Crippen LogP contribution in [-0.4, -0.2) is 20.9 Å². The minimum absolute atomic E-state index is 0.106. The van der Waals surface area contributed by atoms with Crippen LogP contribution >= 0.6 is 0 Å². The van der Waals surface area contributed by atoms with Gasteiger partial charge in [0.1, 0.15) is 5.69 Å². The highest BCUT2D eigenvalue weighted by Crippen LogP contribution is 2.10. The summed E-state index contributed by atoms with van der Waals surface area (Å²) in [6, 6.07) is 7.84. The summed E-state index contributed by atoms with van der Waals surface area (Å²) in [5.41, 5.74) is 1.94. The van der Waals surface area contributed by atoms with Gasteiger partial charge >= 0.3 is 5.97 Å². The van der Waals surface area contributed by atoms with Crippen molar-refractivity contribution in [3.63, 3.8) is 0 Å². The van der Waals surface area contributed by atoms with Gasteiger partial charge in [-0.05, 0) is 38.1 Å². The fourth-order valence-corrected chi connectivity index (χ4v) is 1.64. The molecule has 1 heterocycles. The number of aromatic carboxylic acids is 1. The van der Waals surface area contributed by atoms with E-state index in [1.807, 2.05) is 0 Å². The Kier molecular flexibility index (Phi) is 2.97. The lowest BCUT2D eigenvalue weighted by atomic mass is 10.2. The van der Waals surface area contributed by atoms with Crippen LogP contribution in [0.3, 0.4) is 0 Å². The van der Waals surface area contributed by atoms with Crippen LogP contribution in [0.5, 0.6) is 0 Å². The first-order valence-electron chi connectivity index (χ1n) is 5.40. The highest BCUT2D eigenvalue weighted by atomic mass is 16.4. The van der Waals surface area contributed by atoms with Gasteiger partial charge in [-0.25, -0.2) is 9.48 Å². The molecule has 0 saturated heterocycles. The van der Waals surface area contributed by atoms with Gasteiger partial charge in [-0.15, -0.1) is 0 Å². The largest absolute Gasteiger partial charge is 0.478 e. The number of carboxylic acids is 1. The third-order valence-electron chi connectivity index (χ3n) is 2.64. The van der Waals surface area contributed by atoms with E-state index in [0.29, 0.717) is 11.4 Å². The van der Waals surface area contributed by atoms with Gasteiger partial charge in [-0.3, -0.25) is 4.79 Å². The Morgan fingerprint density at radius 2 is 1.83 bits per heavy atom. The first-order valence-corrected chi connectivity index (χ1v) is 5.40. The van der Waals surface area contributed by atoms with Crippen LogP contribution in [0.25, 0.3) is 5.69 Å². The maximum Gasteiger partial charge on any atom is 0.335 e. The molecule has 1 aromatic heterocycles. The number of aryl methyl sites for hydroxylation is 2. The van der Waals surface area contributed by atoms with Gasteiger partial charge in [0.05, 0.1) is 11.3 Å². The third-order valence-corrected chi connectivity index (χ3v) is 2.64. The van der Waals surface area contributed by atoms with Crippen molar-refractivity contribution in [3.8, 4) is 5.69 Å². The predicted octanol–water partition coefficient (Wildman–Crippen LogP) is 1.55. The second kappa shape index (κ2) is 4.44. The molecule has 0 radical (unpaired) electrons. The molecule has 0 aliphatic rings. The van der Waals surface area contributed by atoms with Gasteiger partial charge in [0.25, 0.3) is 0 Å². The minimum Gasteiger partial charge on any atom is -0.478 e. The third kappa shape index (κ3) is 2.15. The van der Waals surface area contributed by atoms with E-state index < -0.39 is 5.97 Å². The molecule has 92 valence electrons. The highest BCUT2D eigenvalue weighted by molar-refractivity contribution is 5.87. The number of nitrogens with zero attached hydrogens (tertiary/aromatic N) is 2. The van der Waals surface area contributed by atoms with Crippen molar-refractivity contribution in [1.82, 2.24) is 9.78 Å². The van der Waals surface area contributed by atoms with Crippen molar-refractivity contribution in [2.24, 2.45) is 0 Å². The number of hydrogen-bond acceptors (Lipinski definition) is 3. The number of hydrogen-bond donors (Lipinski definition) is 1. The lowest BCUT2D eigenvalue weighted by Crippen LogP contribution is -2.16. The number of carbonyl (C=O) groups is 1. The molecule has 2 rings (SSSR count). The summed E-state index contributed by atoms with van der Waals surface area (Å²) in [6.07, 6.45) is 0. The lowest BCUT2D eigenvalue weighted by molar-refractivity contribution is 0.0697. The number of carboxylic acid groups (broad SMARTS) is 1. The molecule has 1 aromatic carbocycles. The molecule has 0 aliphatic carbocycles. The van der Waals surface area contributed by atoms with Gasteiger partial charge in [0.15, 0.2) is 0 Å². The monoisotopic (exact) mass is 244 g/mol. The van der Waals surface area contributed by atoms with Crippen molar-refractivity contribution in [2.45, 2.75) is 13.8 Å². The van der Waals surface area contributed by atoms with Crippen molar-refractivity contribution < 1.29 is 9.90 Å². The summed E-state index contributed by atoms with van der Waals surface area (Å²) in [4.78, 5) is 22.2. The molecule has 0 unspecified atom stereocenters. The van der Waals surface area contributed by atoms with Crippen LogP contribution < -0.4 is 5.43 Å². The molecule has 1 N–H and O–H groups in total. The normalized spacial score (nSPS) is 10.3. The quantitative estimate of drug-likeness (QED) is 0.869. The Hall–Kier alpha value is -2.43. The SMILES string of the molecule is Cc1nn(-c2ccc(C(=O)O)cc2)c(C)cc1=O. The molecule has 0 spiro atoms. The summed E-state index contributed by atoms with van der Waals surface area (Å²) < 4.78 is 1.61. The Balaban J connectivity index is 2.52. The van der Waals surface area contributed by atoms with Crippen molar-refractivity contribution in [2.75, 3.05) is 0 Å².